The second kappa shape index (κ2) is 10.6. The van der Waals surface area contributed by atoms with Crippen molar-refractivity contribution in [1.29, 1.82) is 0 Å². The molecule has 3 aromatic carbocycles. The van der Waals surface area contributed by atoms with Crippen LogP contribution in [0.4, 0.5) is 0 Å². The Morgan fingerprint density at radius 3 is 1.61 bits per heavy atom. The first-order valence-electron chi connectivity index (χ1n) is 12.3. The third-order valence-corrected chi connectivity index (χ3v) is 6.87. The zero-order valence-corrected chi connectivity index (χ0v) is 20.5. The third-order valence-electron chi connectivity index (χ3n) is 6.87. The molecule has 0 aromatic heterocycles. The number of aryl methyl sites for hydroxylation is 3. The van der Waals surface area contributed by atoms with Gasteiger partial charge in [-0.25, -0.2) is 0 Å². The number of benzene rings is 3. The highest BCUT2D eigenvalue weighted by Gasteiger charge is 2.18. The molecule has 1 fully saturated rings. The summed E-state index contributed by atoms with van der Waals surface area (Å²) in [5, 5.41) is 0. The Kier molecular flexibility index (Phi) is 7.37. The molecule has 0 heteroatoms. The fourth-order valence-electron chi connectivity index (χ4n) is 4.79. The average molecular weight is 431 g/mol. The SMILES string of the molecule is Cc1ccc(C#Cc2ccc(C#Cc3c(C)cc(CC4CCC(C)CC4)cc3C)cc2)cc1. The first-order valence-corrected chi connectivity index (χ1v) is 12.3. The molecule has 0 amide bonds. The molecule has 0 nitrogen and oxygen atoms in total. The van der Waals surface area contributed by atoms with E-state index in [2.05, 4.69) is 112 Å². The summed E-state index contributed by atoms with van der Waals surface area (Å²) in [6.07, 6.45) is 6.76. The summed E-state index contributed by atoms with van der Waals surface area (Å²) < 4.78 is 0. The van der Waals surface area contributed by atoms with E-state index in [0.717, 1.165) is 28.5 Å². The molecule has 0 spiro atoms. The van der Waals surface area contributed by atoms with E-state index in [4.69, 9.17) is 0 Å². The van der Waals surface area contributed by atoms with Gasteiger partial charge in [0.05, 0.1) is 0 Å². The van der Waals surface area contributed by atoms with Crippen molar-refractivity contribution in [2.24, 2.45) is 11.8 Å². The third kappa shape index (κ3) is 6.40. The van der Waals surface area contributed by atoms with Gasteiger partial charge in [0, 0.05) is 22.3 Å². The van der Waals surface area contributed by atoms with E-state index in [1.807, 2.05) is 0 Å². The van der Waals surface area contributed by atoms with Crippen LogP contribution in [-0.4, -0.2) is 0 Å². The Morgan fingerprint density at radius 2 is 1.09 bits per heavy atom. The van der Waals surface area contributed by atoms with Crippen molar-refractivity contribution >= 4 is 0 Å². The maximum atomic E-state index is 3.43. The highest BCUT2D eigenvalue weighted by Crippen LogP contribution is 2.31. The van der Waals surface area contributed by atoms with E-state index >= 15 is 0 Å². The van der Waals surface area contributed by atoms with Crippen LogP contribution in [0.1, 0.15) is 77.1 Å². The van der Waals surface area contributed by atoms with Gasteiger partial charge in [-0.05, 0) is 105 Å². The molecule has 0 bridgehead atoms. The minimum atomic E-state index is 0.851. The molecule has 0 aliphatic heterocycles. The van der Waals surface area contributed by atoms with Gasteiger partial charge in [-0.2, -0.15) is 0 Å². The van der Waals surface area contributed by atoms with Gasteiger partial charge in [0.15, 0.2) is 0 Å². The Labute approximate surface area is 200 Å². The fraction of sp³-hybridized carbons (Fsp3) is 0.333. The minimum absolute atomic E-state index is 0.851. The first kappa shape index (κ1) is 23.0. The van der Waals surface area contributed by atoms with Crippen LogP contribution in [0.5, 0.6) is 0 Å². The lowest BCUT2D eigenvalue weighted by Crippen LogP contribution is -2.14. The first-order chi connectivity index (χ1) is 16.0. The normalized spacial score (nSPS) is 17.5. The molecule has 0 saturated heterocycles. The second-order valence-corrected chi connectivity index (χ2v) is 9.88. The lowest BCUT2D eigenvalue weighted by atomic mass is 9.79. The Bertz CT molecular complexity index is 1190. The van der Waals surface area contributed by atoms with E-state index in [0.29, 0.717) is 0 Å². The van der Waals surface area contributed by atoms with Gasteiger partial charge in [0.25, 0.3) is 0 Å². The van der Waals surface area contributed by atoms with Crippen LogP contribution >= 0.6 is 0 Å². The zero-order chi connectivity index (χ0) is 23.2. The predicted molar refractivity (Wildman–Crippen MR) is 140 cm³/mol. The van der Waals surface area contributed by atoms with E-state index < -0.39 is 0 Å². The molecule has 0 N–H and O–H groups in total. The molecule has 166 valence electrons. The highest BCUT2D eigenvalue weighted by molar-refractivity contribution is 5.52. The van der Waals surface area contributed by atoms with E-state index in [1.54, 1.807) is 0 Å². The summed E-state index contributed by atoms with van der Waals surface area (Å²) in [5.74, 6) is 15.0. The molecule has 33 heavy (non-hydrogen) atoms. The average Bonchev–Trinajstić information content (AvgIpc) is 2.80. The Hall–Kier alpha value is -3.22. The van der Waals surface area contributed by atoms with Crippen LogP contribution in [0, 0.1) is 56.3 Å². The molecule has 0 unspecified atom stereocenters. The van der Waals surface area contributed by atoms with E-state index in [1.165, 1.54) is 59.9 Å². The van der Waals surface area contributed by atoms with Crippen LogP contribution in [-0.2, 0) is 6.42 Å². The topological polar surface area (TPSA) is 0 Å². The summed E-state index contributed by atoms with van der Waals surface area (Å²) in [6.45, 7) is 8.89. The fourth-order valence-corrected chi connectivity index (χ4v) is 4.79. The molecular formula is C33H34. The quantitative estimate of drug-likeness (QED) is 0.364. The molecule has 4 rings (SSSR count). The number of hydrogen-bond acceptors (Lipinski definition) is 0. The Morgan fingerprint density at radius 1 is 0.636 bits per heavy atom. The maximum Gasteiger partial charge on any atom is 0.0307 e. The summed E-state index contributed by atoms with van der Waals surface area (Å²) in [6, 6.07) is 21.3. The zero-order valence-electron chi connectivity index (χ0n) is 20.5. The van der Waals surface area contributed by atoms with Crippen LogP contribution in [0.25, 0.3) is 0 Å². The molecule has 3 aromatic rings. The monoisotopic (exact) mass is 430 g/mol. The Balaban J connectivity index is 1.43. The van der Waals surface area contributed by atoms with Gasteiger partial charge in [0.2, 0.25) is 0 Å². The lowest BCUT2D eigenvalue weighted by molar-refractivity contribution is 0.289. The molecule has 1 aliphatic rings. The van der Waals surface area contributed by atoms with Crippen molar-refractivity contribution in [3.63, 3.8) is 0 Å². The predicted octanol–water partition coefficient (Wildman–Crippen LogP) is 7.78. The van der Waals surface area contributed by atoms with E-state index in [9.17, 15) is 0 Å². The van der Waals surface area contributed by atoms with Gasteiger partial charge >= 0.3 is 0 Å². The molecule has 0 atom stereocenters. The highest BCUT2D eigenvalue weighted by atomic mass is 14.2. The minimum Gasteiger partial charge on any atom is -0.0625 e. The van der Waals surface area contributed by atoms with E-state index in [-0.39, 0.29) is 0 Å². The standard InChI is InChI=1S/C33H34/c1-24-5-9-28(10-6-24)13-14-29-15-17-30(18-16-29)19-20-33-26(3)21-32(22-27(33)4)23-31-11-7-25(2)8-12-31/h5-6,9-10,15-18,21-22,25,31H,7-8,11-12,23H2,1-4H3. The summed E-state index contributed by atoms with van der Waals surface area (Å²) >= 11 is 0. The lowest BCUT2D eigenvalue weighted by Gasteiger charge is -2.26. The van der Waals surface area contributed by atoms with Crippen molar-refractivity contribution in [3.8, 4) is 23.7 Å². The summed E-state index contributed by atoms with van der Waals surface area (Å²) in [7, 11) is 0. The van der Waals surface area contributed by atoms with Crippen molar-refractivity contribution in [2.75, 3.05) is 0 Å². The van der Waals surface area contributed by atoms with Crippen LogP contribution in [0.3, 0.4) is 0 Å². The molecule has 0 heterocycles. The van der Waals surface area contributed by atoms with Crippen LogP contribution in [0.2, 0.25) is 0 Å². The molecule has 0 radical (unpaired) electrons. The molecular weight excluding hydrogens is 396 g/mol. The van der Waals surface area contributed by atoms with Crippen LogP contribution < -0.4 is 0 Å². The number of rotatable bonds is 2. The second-order valence-electron chi connectivity index (χ2n) is 9.88. The van der Waals surface area contributed by atoms with Crippen LogP contribution in [0.15, 0.2) is 60.7 Å². The van der Waals surface area contributed by atoms with Crippen molar-refractivity contribution < 1.29 is 0 Å². The largest absolute Gasteiger partial charge is 0.0625 e. The van der Waals surface area contributed by atoms with Gasteiger partial charge in [-0.3, -0.25) is 0 Å². The van der Waals surface area contributed by atoms with Crippen molar-refractivity contribution in [2.45, 2.75) is 59.8 Å². The van der Waals surface area contributed by atoms with Gasteiger partial charge in [-0.1, -0.05) is 73.3 Å². The summed E-state index contributed by atoms with van der Waals surface area (Å²) in [4.78, 5) is 0. The van der Waals surface area contributed by atoms with Gasteiger partial charge in [-0.15, -0.1) is 0 Å². The summed E-state index contributed by atoms with van der Waals surface area (Å²) in [5.41, 5.74) is 9.56. The van der Waals surface area contributed by atoms with Gasteiger partial charge < -0.3 is 0 Å². The van der Waals surface area contributed by atoms with Gasteiger partial charge in [0.1, 0.15) is 0 Å². The van der Waals surface area contributed by atoms with Crippen molar-refractivity contribution in [3.05, 3.63) is 105 Å². The van der Waals surface area contributed by atoms with Crippen molar-refractivity contribution in [1.82, 2.24) is 0 Å². The maximum absolute atomic E-state index is 3.43. The molecule has 1 aliphatic carbocycles. The number of hydrogen-bond donors (Lipinski definition) is 0. The molecule has 1 saturated carbocycles. The smallest absolute Gasteiger partial charge is 0.0307 e.